The zero-order valence-corrected chi connectivity index (χ0v) is 14.2. The summed E-state index contributed by atoms with van der Waals surface area (Å²) in [5, 5.41) is 2.59. The Hall–Kier alpha value is -1.76. The number of nitrogens with one attached hydrogen (secondary N) is 1. The number of benzene rings is 2. The SMILES string of the molecule is Cc1ccc(NC(=O)CCC(=O)c2ccc(I)cc2)cc1F. The van der Waals surface area contributed by atoms with Crippen molar-refractivity contribution in [3.05, 3.63) is 63.0 Å². The first kappa shape index (κ1) is 16.6. The second-order valence-electron chi connectivity index (χ2n) is 4.94. The first-order chi connectivity index (χ1) is 10.5. The highest BCUT2D eigenvalue weighted by Gasteiger charge is 2.10. The number of rotatable bonds is 5. The second-order valence-corrected chi connectivity index (χ2v) is 6.19. The van der Waals surface area contributed by atoms with Crippen molar-refractivity contribution in [3.8, 4) is 0 Å². The van der Waals surface area contributed by atoms with E-state index in [1.54, 1.807) is 31.2 Å². The number of ketones is 1. The quantitative estimate of drug-likeness (QED) is 0.588. The minimum Gasteiger partial charge on any atom is -0.326 e. The van der Waals surface area contributed by atoms with Gasteiger partial charge in [0.25, 0.3) is 0 Å². The summed E-state index contributed by atoms with van der Waals surface area (Å²) >= 11 is 2.16. The van der Waals surface area contributed by atoms with Crippen LogP contribution in [0.3, 0.4) is 0 Å². The van der Waals surface area contributed by atoms with Crippen molar-refractivity contribution in [3.63, 3.8) is 0 Å². The molecule has 0 radical (unpaired) electrons. The maximum absolute atomic E-state index is 13.4. The lowest BCUT2D eigenvalue weighted by molar-refractivity contribution is -0.116. The molecule has 0 aromatic heterocycles. The van der Waals surface area contributed by atoms with Crippen molar-refractivity contribution < 1.29 is 14.0 Å². The molecule has 0 heterocycles. The molecule has 1 amide bonds. The van der Waals surface area contributed by atoms with Crippen LogP contribution in [0.2, 0.25) is 0 Å². The molecule has 0 fully saturated rings. The third-order valence-corrected chi connectivity index (χ3v) is 3.92. The third-order valence-electron chi connectivity index (χ3n) is 3.20. The van der Waals surface area contributed by atoms with Crippen LogP contribution in [0.25, 0.3) is 0 Å². The molecule has 2 aromatic carbocycles. The molecule has 0 saturated carbocycles. The van der Waals surface area contributed by atoms with Gasteiger partial charge >= 0.3 is 0 Å². The van der Waals surface area contributed by atoms with Gasteiger partial charge in [-0.25, -0.2) is 4.39 Å². The number of amides is 1. The van der Waals surface area contributed by atoms with Gasteiger partial charge in [0.2, 0.25) is 5.91 Å². The molecule has 2 aromatic rings. The van der Waals surface area contributed by atoms with Crippen molar-refractivity contribution >= 4 is 40.0 Å². The number of hydrogen-bond donors (Lipinski definition) is 1. The van der Waals surface area contributed by atoms with Gasteiger partial charge in [-0.2, -0.15) is 0 Å². The van der Waals surface area contributed by atoms with E-state index in [9.17, 15) is 14.0 Å². The number of aryl methyl sites for hydroxylation is 1. The summed E-state index contributed by atoms with van der Waals surface area (Å²) in [6.07, 6.45) is 0.196. The van der Waals surface area contributed by atoms with E-state index >= 15 is 0 Å². The van der Waals surface area contributed by atoms with Gasteiger partial charge in [0.15, 0.2) is 5.78 Å². The molecule has 3 nitrogen and oxygen atoms in total. The number of anilines is 1. The van der Waals surface area contributed by atoms with Gasteiger partial charge in [-0.1, -0.05) is 18.2 Å². The van der Waals surface area contributed by atoms with E-state index < -0.39 is 0 Å². The fraction of sp³-hybridized carbons (Fsp3) is 0.176. The van der Waals surface area contributed by atoms with Crippen molar-refractivity contribution in [2.45, 2.75) is 19.8 Å². The predicted octanol–water partition coefficient (Wildman–Crippen LogP) is 4.34. The Labute approximate surface area is 142 Å². The summed E-state index contributed by atoms with van der Waals surface area (Å²) in [7, 11) is 0. The first-order valence-electron chi connectivity index (χ1n) is 6.80. The van der Waals surface area contributed by atoms with Gasteiger partial charge in [-0.05, 0) is 59.3 Å². The van der Waals surface area contributed by atoms with Crippen LogP contribution in [0.4, 0.5) is 10.1 Å². The minimum absolute atomic E-state index is 0.0698. The number of carbonyl (C=O) groups is 2. The molecule has 0 spiro atoms. The Morgan fingerprint density at radius 2 is 1.77 bits per heavy atom. The molecule has 0 aliphatic heterocycles. The zero-order valence-electron chi connectivity index (χ0n) is 12.0. The molecule has 1 N–H and O–H groups in total. The third kappa shape index (κ3) is 4.62. The Morgan fingerprint density at radius 3 is 2.41 bits per heavy atom. The first-order valence-corrected chi connectivity index (χ1v) is 7.88. The maximum Gasteiger partial charge on any atom is 0.224 e. The molecule has 5 heteroatoms. The van der Waals surface area contributed by atoms with Gasteiger partial charge in [0.1, 0.15) is 5.82 Å². The van der Waals surface area contributed by atoms with Crippen molar-refractivity contribution in [2.24, 2.45) is 0 Å². The van der Waals surface area contributed by atoms with Crippen LogP contribution in [0.15, 0.2) is 42.5 Å². The molecule has 0 saturated heterocycles. The summed E-state index contributed by atoms with van der Waals surface area (Å²) < 4.78 is 14.4. The summed E-state index contributed by atoms with van der Waals surface area (Å²) in [5.41, 5.74) is 1.51. The average Bonchev–Trinajstić information content (AvgIpc) is 2.49. The van der Waals surface area contributed by atoms with Gasteiger partial charge in [-0.3, -0.25) is 9.59 Å². The van der Waals surface area contributed by atoms with Crippen LogP contribution in [0.1, 0.15) is 28.8 Å². The van der Waals surface area contributed by atoms with Crippen LogP contribution in [-0.4, -0.2) is 11.7 Å². The Morgan fingerprint density at radius 1 is 1.09 bits per heavy atom. The zero-order chi connectivity index (χ0) is 16.1. The van der Waals surface area contributed by atoms with Crippen LogP contribution in [0, 0.1) is 16.3 Å². The Bertz CT molecular complexity index is 698. The van der Waals surface area contributed by atoms with Gasteiger partial charge in [0.05, 0.1) is 0 Å². The van der Waals surface area contributed by atoms with E-state index in [1.165, 1.54) is 6.07 Å². The highest BCUT2D eigenvalue weighted by molar-refractivity contribution is 14.1. The Balaban J connectivity index is 1.88. The van der Waals surface area contributed by atoms with Crippen molar-refractivity contribution in [2.75, 3.05) is 5.32 Å². The monoisotopic (exact) mass is 411 g/mol. The smallest absolute Gasteiger partial charge is 0.224 e. The summed E-state index contributed by atoms with van der Waals surface area (Å²) in [6.45, 7) is 1.65. The molecule has 0 unspecified atom stereocenters. The lowest BCUT2D eigenvalue weighted by Gasteiger charge is -2.06. The average molecular weight is 411 g/mol. The van der Waals surface area contributed by atoms with Crippen LogP contribution in [-0.2, 0) is 4.79 Å². The fourth-order valence-corrected chi connectivity index (χ4v) is 2.26. The summed E-state index contributed by atoms with van der Waals surface area (Å²) in [5.74, 6) is -0.753. The van der Waals surface area contributed by atoms with Crippen LogP contribution >= 0.6 is 22.6 Å². The van der Waals surface area contributed by atoms with E-state index in [-0.39, 0.29) is 30.3 Å². The second kappa shape index (κ2) is 7.49. The number of Topliss-reactive ketones (excluding diaryl/α,β-unsaturated/α-hetero) is 1. The molecule has 0 atom stereocenters. The number of hydrogen-bond acceptors (Lipinski definition) is 2. The summed E-state index contributed by atoms with van der Waals surface area (Å²) in [4.78, 5) is 23.8. The largest absolute Gasteiger partial charge is 0.326 e. The van der Waals surface area contributed by atoms with Gasteiger partial charge in [0, 0.05) is 27.7 Å². The molecule has 0 bridgehead atoms. The molecule has 0 aliphatic carbocycles. The molecule has 22 heavy (non-hydrogen) atoms. The molecular formula is C17H15FINO2. The lowest BCUT2D eigenvalue weighted by atomic mass is 10.1. The highest BCUT2D eigenvalue weighted by atomic mass is 127. The molecular weight excluding hydrogens is 396 g/mol. The topological polar surface area (TPSA) is 46.2 Å². The van der Waals surface area contributed by atoms with Crippen molar-refractivity contribution in [1.82, 2.24) is 0 Å². The maximum atomic E-state index is 13.4. The van der Waals surface area contributed by atoms with Crippen LogP contribution < -0.4 is 5.32 Å². The van der Waals surface area contributed by atoms with E-state index in [4.69, 9.17) is 0 Å². The minimum atomic E-state index is -0.368. The molecule has 0 aliphatic rings. The van der Waals surface area contributed by atoms with Gasteiger partial charge < -0.3 is 5.32 Å². The molecule has 114 valence electrons. The van der Waals surface area contributed by atoms with Crippen molar-refractivity contribution in [1.29, 1.82) is 0 Å². The lowest BCUT2D eigenvalue weighted by Crippen LogP contribution is -2.13. The van der Waals surface area contributed by atoms with E-state index in [1.807, 2.05) is 12.1 Å². The van der Waals surface area contributed by atoms with E-state index in [0.29, 0.717) is 16.8 Å². The van der Waals surface area contributed by atoms with Gasteiger partial charge in [-0.15, -0.1) is 0 Å². The Kier molecular flexibility index (Phi) is 5.65. The highest BCUT2D eigenvalue weighted by Crippen LogP contribution is 2.14. The molecule has 2 rings (SSSR count). The predicted molar refractivity (Wildman–Crippen MR) is 92.5 cm³/mol. The fourth-order valence-electron chi connectivity index (χ4n) is 1.90. The normalized spacial score (nSPS) is 10.3. The van der Waals surface area contributed by atoms with E-state index in [0.717, 1.165) is 3.57 Å². The van der Waals surface area contributed by atoms with E-state index in [2.05, 4.69) is 27.9 Å². The number of carbonyl (C=O) groups excluding carboxylic acids is 2. The number of halogens is 2. The standard InChI is InChI=1S/C17H15FINO2/c1-11-2-7-14(10-15(11)18)20-17(22)9-8-16(21)12-3-5-13(19)6-4-12/h2-7,10H,8-9H2,1H3,(H,20,22). The summed E-state index contributed by atoms with van der Waals surface area (Å²) in [6, 6.07) is 11.7. The van der Waals surface area contributed by atoms with Crippen LogP contribution in [0.5, 0.6) is 0 Å².